The van der Waals surface area contributed by atoms with Crippen molar-refractivity contribution in [3.8, 4) is 6.07 Å². The Morgan fingerprint density at radius 3 is 2.89 bits per heavy atom. The summed E-state index contributed by atoms with van der Waals surface area (Å²) >= 11 is 0. The van der Waals surface area contributed by atoms with Gasteiger partial charge in [-0.3, -0.25) is 9.69 Å². The third kappa shape index (κ3) is 4.23. The van der Waals surface area contributed by atoms with Gasteiger partial charge in [0.05, 0.1) is 23.8 Å². The molecule has 142 valence electrons. The monoisotopic (exact) mass is 371 g/mol. The zero-order chi connectivity index (χ0) is 19.6. The molecule has 0 aromatic heterocycles. The van der Waals surface area contributed by atoms with E-state index in [0.717, 1.165) is 6.42 Å². The SMILES string of the molecule is CC1(C)CC(CN2CCN(C(=O)c3cccc(C#N)c3)C2=N[N+](=O)[O-])CO1. The highest BCUT2D eigenvalue weighted by Gasteiger charge is 2.39. The molecule has 2 aliphatic rings. The fraction of sp³-hybridized carbons (Fsp3) is 0.500. The number of amides is 1. The predicted molar refractivity (Wildman–Crippen MR) is 96.3 cm³/mol. The number of nitrogens with zero attached hydrogens (tertiary/aromatic N) is 5. The van der Waals surface area contributed by atoms with Crippen LogP contribution in [0.15, 0.2) is 29.4 Å². The Bertz CT molecular complexity index is 829. The highest BCUT2D eigenvalue weighted by molar-refractivity contribution is 6.06. The van der Waals surface area contributed by atoms with Gasteiger partial charge in [-0.25, -0.2) is 10.1 Å². The standard InChI is InChI=1S/C18H21N5O4/c1-18(2)9-14(12-27-18)11-21-6-7-22(17(21)20-23(25)26)16(24)15-5-3-4-13(8-15)10-19/h3-5,8,14H,6-7,9,11-12H2,1-2H3. The van der Waals surface area contributed by atoms with E-state index in [0.29, 0.717) is 37.4 Å². The van der Waals surface area contributed by atoms with Crippen LogP contribution in [0.5, 0.6) is 0 Å². The Labute approximate surface area is 157 Å². The lowest BCUT2D eigenvalue weighted by atomic mass is 9.97. The molecule has 1 atom stereocenters. The van der Waals surface area contributed by atoms with Crippen molar-refractivity contribution >= 4 is 11.9 Å². The number of rotatable bonds is 4. The topological polar surface area (TPSA) is 112 Å². The van der Waals surface area contributed by atoms with Crippen LogP contribution in [0, 0.1) is 27.4 Å². The molecule has 3 rings (SSSR count). The first-order valence-electron chi connectivity index (χ1n) is 8.73. The second kappa shape index (κ2) is 7.32. The van der Waals surface area contributed by atoms with Gasteiger partial charge < -0.3 is 9.64 Å². The molecule has 0 spiro atoms. The van der Waals surface area contributed by atoms with Crippen LogP contribution >= 0.6 is 0 Å². The number of nitriles is 1. The fourth-order valence-corrected chi connectivity index (χ4v) is 3.61. The van der Waals surface area contributed by atoms with E-state index in [1.807, 2.05) is 19.9 Å². The molecule has 2 saturated heterocycles. The molecule has 0 bridgehead atoms. The maximum atomic E-state index is 12.9. The van der Waals surface area contributed by atoms with Gasteiger partial charge in [0.25, 0.3) is 11.9 Å². The number of hydrazone groups is 1. The normalized spacial score (nSPS) is 22.9. The largest absolute Gasteiger partial charge is 0.375 e. The lowest BCUT2D eigenvalue weighted by Crippen LogP contribution is -2.40. The van der Waals surface area contributed by atoms with Gasteiger partial charge in [-0.05, 0) is 38.5 Å². The molecule has 27 heavy (non-hydrogen) atoms. The molecule has 9 heteroatoms. The second-order valence-electron chi connectivity index (χ2n) is 7.37. The summed E-state index contributed by atoms with van der Waals surface area (Å²) in [5, 5.41) is 22.7. The molecule has 1 aromatic carbocycles. The lowest BCUT2D eigenvalue weighted by Gasteiger charge is -2.22. The van der Waals surface area contributed by atoms with Crippen LogP contribution in [-0.4, -0.2) is 58.5 Å². The average Bonchev–Trinajstić information content (AvgIpc) is 3.17. The fourth-order valence-electron chi connectivity index (χ4n) is 3.61. The van der Waals surface area contributed by atoms with E-state index in [4.69, 9.17) is 10.00 Å². The van der Waals surface area contributed by atoms with Crippen molar-refractivity contribution in [2.24, 2.45) is 11.0 Å². The number of hydrogen-bond donors (Lipinski definition) is 0. The molecule has 1 amide bonds. The number of ether oxygens (including phenoxy) is 1. The molecular formula is C18H21N5O4. The molecule has 2 fully saturated rings. The van der Waals surface area contributed by atoms with E-state index < -0.39 is 10.9 Å². The summed E-state index contributed by atoms with van der Waals surface area (Å²) in [4.78, 5) is 27.0. The number of hydrogen-bond acceptors (Lipinski definition) is 5. The van der Waals surface area contributed by atoms with Crippen LogP contribution in [0.1, 0.15) is 36.2 Å². The summed E-state index contributed by atoms with van der Waals surface area (Å²) in [5.74, 6) is -0.149. The van der Waals surface area contributed by atoms with E-state index in [-0.39, 0.29) is 17.5 Å². The molecule has 2 aliphatic heterocycles. The van der Waals surface area contributed by atoms with Gasteiger partial charge in [-0.15, -0.1) is 0 Å². The van der Waals surface area contributed by atoms with E-state index in [2.05, 4.69) is 5.10 Å². The number of benzene rings is 1. The molecule has 1 unspecified atom stereocenters. The summed E-state index contributed by atoms with van der Waals surface area (Å²) in [6.07, 6.45) is 0.841. The number of guanidine groups is 1. The van der Waals surface area contributed by atoms with Crippen LogP contribution < -0.4 is 0 Å². The highest BCUT2D eigenvalue weighted by atomic mass is 16.7. The summed E-state index contributed by atoms with van der Waals surface area (Å²) < 4.78 is 5.74. The number of nitro groups is 1. The predicted octanol–water partition coefficient (Wildman–Crippen LogP) is 1.68. The summed E-state index contributed by atoms with van der Waals surface area (Å²) in [6.45, 7) is 5.92. The summed E-state index contributed by atoms with van der Waals surface area (Å²) in [6, 6.07) is 8.26. The van der Waals surface area contributed by atoms with Gasteiger partial charge in [0, 0.05) is 31.1 Å². The first-order valence-corrected chi connectivity index (χ1v) is 8.73. The van der Waals surface area contributed by atoms with Gasteiger partial charge >= 0.3 is 0 Å². The van der Waals surface area contributed by atoms with E-state index in [1.165, 1.54) is 11.0 Å². The third-order valence-electron chi connectivity index (χ3n) is 4.74. The number of carbonyl (C=O) groups excluding carboxylic acids is 1. The van der Waals surface area contributed by atoms with Crippen molar-refractivity contribution < 1.29 is 14.6 Å². The third-order valence-corrected chi connectivity index (χ3v) is 4.74. The molecule has 0 radical (unpaired) electrons. The zero-order valence-corrected chi connectivity index (χ0v) is 15.3. The van der Waals surface area contributed by atoms with E-state index in [1.54, 1.807) is 23.1 Å². The van der Waals surface area contributed by atoms with Gasteiger partial charge in [0.1, 0.15) is 5.10 Å². The summed E-state index contributed by atoms with van der Waals surface area (Å²) in [5.41, 5.74) is 0.449. The Hall–Kier alpha value is -2.99. The molecule has 2 heterocycles. The van der Waals surface area contributed by atoms with Crippen LogP contribution in [-0.2, 0) is 4.74 Å². The van der Waals surface area contributed by atoms with Crippen LogP contribution in [0.2, 0.25) is 0 Å². The van der Waals surface area contributed by atoms with Gasteiger partial charge in [-0.2, -0.15) is 5.26 Å². The highest BCUT2D eigenvalue weighted by Crippen LogP contribution is 2.30. The van der Waals surface area contributed by atoms with Crippen molar-refractivity contribution in [2.75, 3.05) is 26.2 Å². The minimum Gasteiger partial charge on any atom is -0.375 e. The van der Waals surface area contributed by atoms with Crippen LogP contribution in [0.25, 0.3) is 0 Å². The Balaban J connectivity index is 1.80. The zero-order valence-electron chi connectivity index (χ0n) is 15.3. The molecule has 0 N–H and O–H groups in total. The Kier molecular flexibility index (Phi) is 5.10. The van der Waals surface area contributed by atoms with Crippen molar-refractivity contribution in [2.45, 2.75) is 25.9 Å². The molecule has 9 nitrogen and oxygen atoms in total. The maximum Gasteiger partial charge on any atom is 0.281 e. The average molecular weight is 371 g/mol. The van der Waals surface area contributed by atoms with E-state index in [9.17, 15) is 14.9 Å². The van der Waals surface area contributed by atoms with Crippen molar-refractivity contribution in [1.29, 1.82) is 5.26 Å². The van der Waals surface area contributed by atoms with Crippen LogP contribution in [0.3, 0.4) is 0 Å². The quantitative estimate of drug-likeness (QED) is 0.588. The first kappa shape index (κ1) is 18.8. The van der Waals surface area contributed by atoms with Gasteiger partial charge in [0.15, 0.2) is 5.03 Å². The van der Waals surface area contributed by atoms with Gasteiger partial charge in [-0.1, -0.05) is 6.07 Å². The lowest BCUT2D eigenvalue weighted by molar-refractivity contribution is -0.486. The first-order chi connectivity index (χ1) is 12.8. The maximum absolute atomic E-state index is 12.9. The van der Waals surface area contributed by atoms with E-state index >= 15 is 0 Å². The number of carbonyl (C=O) groups is 1. The second-order valence-corrected chi connectivity index (χ2v) is 7.37. The minimum absolute atomic E-state index is 0.0390. The molecule has 0 aliphatic carbocycles. The summed E-state index contributed by atoms with van der Waals surface area (Å²) in [7, 11) is 0. The Morgan fingerprint density at radius 2 is 2.26 bits per heavy atom. The smallest absolute Gasteiger partial charge is 0.281 e. The molecular weight excluding hydrogens is 350 g/mol. The van der Waals surface area contributed by atoms with Crippen molar-refractivity contribution in [3.05, 3.63) is 45.5 Å². The Morgan fingerprint density at radius 1 is 1.48 bits per heavy atom. The van der Waals surface area contributed by atoms with Gasteiger partial charge in [0.2, 0.25) is 0 Å². The molecule has 0 saturated carbocycles. The van der Waals surface area contributed by atoms with Crippen molar-refractivity contribution in [1.82, 2.24) is 9.80 Å². The van der Waals surface area contributed by atoms with Crippen molar-refractivity contribution in [3.63, 3.8) is 0 Å². The van der Waals surface area contributed by atoms with Crippen LogP contribution in [0.4, 0.5) is 0 Å². The molecule has 1 aromatic rings. The minimum atomic E-state index is -0.783.